The van der Waals surface area contributed by atoms with Gasteiger partial charge in [0, 0.05) is 12.1 Å². The summed E-state index contributed by atoms with van der Waals surface area (Å²) in [6.45, 7) is 3.61. The Bertz CT molecular complexity index is 986. The summed E-state index contributed by atoms with van der Waals surface area (Å²) in [4.78, 5) is 0. The summed E-state index contributed by atoms with van der Waals surface area (Å²) in [6, 6.07) is 12.6. The van der Waals surface area contributed by atoms with Crippen LogP contribution in [0.4, 0.5) is 18.9 Å². The van der Waals surface area contributed by atoms with Crippen LogP contribution >= 0.6 is 0 Å². The zero-order valence-corrected chi connectivity index (χ0v) is 15.4. The smallest absolute Gasteiger partial charge is 0.152 e. The Morgan fingerprint density at radius 1 is 0.889 bits per heavy atom. The van der Waals surface area contributed by atoms with Crippen molar-refractivity contribution in [1.29, 1.82) is 0 Å². The molecule has 5 heteroatoms. The fourth-order valence-corrected chi connectivity index (χ4v) is 3.11. The minimum absolute atomic E-state index is 0.157. The van der Waals surface area contributed by atoms with Crippen LogP contribution in [0.2, 0.25) is 0 Å². The quantitative estimate of drug-likeness (QED) is 0.593. The van der Waals surface area contributed by atoms with E-state index in [0.29, 0.717) is 11.3 Å². The van der Waals surface area contributed by atoms with E-state index >= 15 is 0 Å². The van der Waals surface area contributed by atoms with Crippen LogP contribution in [0.1, 0.15) is 16.7 Å². The van der Waals surface area contributed by atoms with Gasteiger partial charge in [-0.3, -0.25) is 0 Å². The minimum Gasteiger partial charge on any atom is -0.496 e. The van der Waals surface area contributed by atoms with Gasteiger partial charge in [-0.05, 0) is 66.4 Å². The van der Waals surface area contributed by atoms with E-state index in [-0.39, 0.29) is 18.0 Å². The fourth-order valence-electron chi connectivity index (χ4n) is 3.11. The van der Waals surface area contributed by atoms with E-state index in [2.05, 4.69) is 5.32 Å². The zero-order chi connectivity index (χ0) is 19.6. The first-order valence-electron chi connectivity index (χ1n) is 8.52. The largest absolute Gasteiger partial charge is 0.496 e. The van der Waals surface area contributed by atoms with Gasteiger partial charge < -0.3 is 10.1 Å². The van der Waals surface area contributed by atoms with Crippen LogP contribution in [0.25, 0.3) is 11.1 Å². The van der Waals surface area contributed by atoms with Gasteiger partial charge in [0.15, 0.2) is 5.82 Å². The summed E-state index contributed by atoms with van der Waals surface area (Å²) in [5.74, 6) is -0.984. The standard InChI is InChI=1S/C22H20F3NO/c1-13-7-8-19(24)21(20(13)25)26-12-17-10-16(9-14(2)22(17)27-3)15-5-4-6-18(23)11-15/h4-11,26H,12H2,1-3H3. The summed E-state index contributed by atoms with van der Waals surface area (Å²) in [5, 5.41) is 2.83. The van der Waals surface area contributed by atoms with Gasteiger partial charge in [-0.15, -0.1) is 0 Å². The number of hydrogen-bond acceptors (Lipinski definition) is 2. The van der Waals surface area contributed by atoms with Crippen molar-refractivity contribution in [3.8, 4) is 16.9 Å². The SMILES string of the molecule is COc1c(C)cc(-c2cccc(F)c2)cc1CNc1c(F)ccc(C)c1F. The van der Waals surface area contributed by atoms with Crippen molar-refractivity contribution < 1.29 is 17.9 Å². The van der Waals surface area contributed by atoms with E-state index in [4.69, 9.17) is 4.74 Å². The zero-order valence-electron chi connectivity index (χ0n) is 15.4. The van der Waals surface area contributed by atoms with Gasteiger partial charge in [0.1, 0.15) is 23.1 Å². The molecule has 0 radical (unpaired) electrons. The molecule has 3 aromatic carbocycles. The van der Waals surface area contributed by atoms with Crippen molar-refractivity contribution in [2.45, 2.75) is 20.4 Å². The van der Waals surface area contributed by atoms with Gasteiger partial charge >= 0.3 is 0 Å². The number of halogens is 3. The van der Waals surface area contributed by atoms with Crippen LogP contribution in [0.3, 0.4) is 0 Å². The van der Waals surface area contributed by atoms with E-state index in [1.54, 1.807) is 26.2 Å². The lowest BCUT2D eigenvalue weighted by Crippen LogP contribution is -2.07. The molecule has 1 N–H and O–H groups in total. The second-order valence-corrected chi connectivity index (χ2v) is 6.40. The maximum absolute atomic E-state index is 14.2. The molecule has 0 bridgehead atoms. The van der Waals surface area contributed by atoms with Crippen LogP contribution in [0.15, 0.2) is 48.5 Å². The monoisotopic (exact) mass is 371 g/mol. The van der Waals surface area contributed by atoms with Gasteiger partial charge in [0.25, 0.3) is 0 Å². The van der Waals surface area contributed by atoms with Crippen molar-refractivity contribution in [1.82, 2.24) is 0 Å². The van der Waals surface area contributed by atoms with Gasteiger partial charge in [0.2, 0.25) is 0 Å². The third-order valence-corrected chi connectivity index (χ3v) is 4.45. The minimum atomic E-state index is -0.657. The molecule has 0 amide bonds. The lowest BCUT2D eigenvalue weighted by Gasteiger charge is -2.16. The number of methoxy groups -OCH3 is 1. The highest BCUT2D eigenvalue weighted by atomic mass is 19.1. The Morgan fingerprint density at radius 2 is 1.67 bits per heavy atom. The van der Waals surface area contributed by atoms with Crippen LogP contribution in [-0.2, 0) is 6.54 Å². The van der Waals surface area contributed by atoms with Gasteiger partial charge in [0.05, 0.1) is 7.11 Å². The topological polar surface area (TPSA) is 21.3 Å². The molecule has 0 saturated carbocycles. The van der Waals surface area contributed by atoms with E-state index in [1.165, 1.54) is 24.3 Å². The lowest BCUT2D eigenvalue weighted by molar-refractivity contribution is 0.407. The Balaban J connectivity index is 1.98. The molecule has 27 heavy (non-hydrogen) atoms. The summed E-state index contributed by atoms with van der Waals surface area (Å²) in [6.07, 6.45) is 0. The number of rotatable bonds is 5. The van der Waals surface area contributed by atoms with E-state index < -0.39 is 11.6 Å². The average Bonchev–Trinajstić information content (AvgIpc) is 2.64. The predicted octanol–water partition coefficient (Wildman–Crippen LogP) is 6.01. The van der Waals surface area contributed by atoms with E-state index in [9.17, 15) is 13.2 Å². The lowest BCUT2D eigenvalue weighted by atomic mass is 9.99. The molecule has 3 aromatic rings. The molecule has 0 unspecified atom stereocenters. The molecular weight excluding hydrogens is 351 g/mol. The number of ether oxygens (including phenoxy) is 1. The third-order valence-electron chi connectivity index (χ3n) is 4.45. The maximum atomic E-state index is 14.2. The molecule has 0 aliphatic rings. The molecule has 0 aliphatic heterocycles. The number of nitrogens with one attached hydrogen (secondary N) is 1. The van der Waals surface area contributed by atoms with Crippen LogP contribution in [0.5, 0.6) is 5.75 Å². The molecule has 0 atom stereocenters. The van der Waals surface area contributed by atoms with E-state index in [0.717, 1.165) is 22.3 Å². The summed E-state index contributed by atoms with van der Waals surface area (Å²) in [7, 11) is 1.54. The molecule has 0 saturated heterocycles. The van der Waals surface area contributed by atoms with Gasteiger partial charge in [-0.25, -0.2) is 13.2 Å². The van der Waals surface area contributed by atoms with Crippen LogP contribution in [-0.4, -0.2) is 7.11 Å². The second-order valence-electron chi connectivity index (χ2n) is 6.40. The van der Waals surface area contributed by atoms with Crippen molar-refractivity contribution >= 4 is 5.69 Å². The van der Waals surface area contributed by atoms with E-state index in [1.807, 2.05) is 19.1 Å². The molecular formula is C22H20F3NO. The maximum Gasteiger partial charge on any atom is 0.152 e. The normalized spacial score (nSPS) is 10.7. The van der Waals surface area contributed by atoms with Crippen molar-refractivity contribution in [3.63, 3.8) is 0 Å². The van der Waals surface area contributed by atoms with Crippen LogP contribution in [0, 0.1) is 31.3 Å². The average molecular weight is 371 g/mol. The molecule has 0 fully saturated rings. The summed E-state index contributed by atoms with van der Waals surface area (Å²) < 4.78 is 47.3. The molecule has 3 rings (SSSR count). The predicted molar refractivity (Wildman–Crippen MR) is 102 cm³/mol. The molecule has 140 valence electrons. The molecule has 2 nitrogen and oxygen atoms in total. The highest BCUT2D eigenvalue weighted by Crippen LogP contribution is 2.32. The molecule has 0 heterocycles. The van der Waals surface area contributed by atoms with Gasteiger partial charge in [-0.2, -0.15) is 0 Å². The number of aryl methyl sites for hydroxylation is 2. The van der Waals surface area contributed by atoms with Crippen molar-refractivity contribution in [2.75, 3.05) is 12.4 Å². The van der Waals surface area contributed by atoms with Crippen molar-refractivity contribution in [3.05, 3.63) is 82.7 Å². The first-order chi connectivity index (χ1) is 12.9. The molecule has 0 spiro atoms. The van der Waals surface area contributed by atoms with Crippen LogP contribution < -0.4 is 10.1 Å². The first kappa shape index (κ1) is 18.8. The number of benzene rings is 3. The summed E-state index contributed by atoms with van der Waals surface area (Å²) in [5.41, 5.74) is 3.27. The third kappa shape index (κ3) is 3.92. The number of hydrogen-bond donors (Lipinski definition) is 1. The molecule has 0 aromatic heterocycles. The highest BCUT2D eigenvalue weighted by Gasteiger charge is 2.14. The Labute approximate surface area is 156 Å². The van der Waals surface area contributed by atoms with Gasteiger partial charge in [-0.1, -0.05) is 18.2 Å². The second kappa shape index (κ2) is 7.74. The Morgan fingerprint density at radius 3 is 2.37 bits per heavy atom. The highest BCUT2D eigenvalue weighted by molar-refractivity contribution is 5.68. The number of anilines is 1. The van der Waals surface area contributed by atoms with Crippen molar-refractivity contribution in [2.24, 2.45) is 0 Å². The molecule has 0 aliphatic carbocycles. The Hall–Kier alpha value is -2.95. The fraction of sp³-hybridized carbons (Fsp3) is 0.182. The summed E-state index contributed by atoms with van der Waals surface area (Å²) >= 11 is 0. The first-order valence-corrected chi connectivity index (χ1v) is 8.52. The Kier molecular flexibility index (Phi) is 5.40.